The molecule has 114 valence electrons. The second-order valence-electron chi connectivity index (χ2n) is 5.46. The second-order valence-corrected chi connectivity index (χ2v) is 5.89. The Morgan fingerprint density at radius 3 is 2.71 bits per heavy atom. The maximum atomic E-state index is 6.07. The van der Waals surface area contributed by atoms with Gasteiger partial charge in [0.15, 0.2) is 0 Å². The third kappa shape index (κ3) is 4.60. The number of rotatable bonds is 7. The van der Waals surface area contributed by atoms with Crippen molar-refractivity contribution in [3.63, 3.8) is 0 Å². The van der Waals surface area contributed by atoms with Crippen molar-refractivity contribution in [2.75, 3.05) is 13.6 Å². The predicted octanol–water partition coefficient (Wildman–Crippen LogP) is 4.10. The summed E-state index contributed by atoms with van der Waals surface area (Å²) in [4.78, 5) is 2.35. The average molecular weight is 307 g/mol. The summed E-state index contributed by atoms with van der Waals surface area (Å²) in [6, 6.07) is 12.7. The smallest absolute Gasteiger partial charge is 0.117 e. The summed E-state index contributed by atoms with van der Waals surface area (Å²) < 4.78 is 5.31. The number of furan rings is 1. The van der Waals surface area contributed by atoms with E-state index in [1.165, 1.54) is 5.56 Å². The van der Waals surface area contributed by atoms with E-state index in [1.807, 2.05) is 30.3 Å². The molecule has 1 N–H and O–H groups in total. The molecule has 2 unspecified atom stereocenters. The van der Waals surface area contributed by atoms with Crippen LogP contribution in [0.2, 0.25) is 5.02 Å². The summed E-state index contributed by atoms with van der Waals surface area (Å²) in [7, 11) is 2.14. The minimum absolute atomic E-state index is 0.323. The molecule has 4 heteroatoms. The van der Waals surface area contributed by atoms with Gasteiger partial charge in [0.2, 0.25) is 0 Å². The molecular weight excluding hydrogens is 284 g/mol. The van der Waals surface area contributed by atoms with Crippen molar-refractivity contribution in [3.05, 3.63) is 59.0 Å². The van der Waals surface area contributed by atoms with Crippen LogP contribution in [-0.4, -0.2) is 24.5 Å². The van der Waals surface area contributed by atoms with Crippen LogP contribution in [0.5, 0.6) is 0 Å². The van der Waals surface area contributed by atoms with E-state index in [9.17, 15) is 0 Å². The number of halogens is 1. The van der Waals surface area contributed by atoms with Crippen LogP contribution < -0.4 is 5.32 Å². The fraction of sp³-hybridized carbons (Fsp3) is 0.412. The highest BCUT2D eigenvalue weighted by Crippen LogP contribution is 2.23. The Kier molecular flexibility index (Phi) is 5.85. The third-order valence-electron chi connectivity index (χ3n) is 3.96. The van der Waals surface area contributed by atoms with Gasteiger partial charge in [-0.3, -0.25) is 4.90 Å². The molecule has 0 bridgehead atoms. The predicted molar refractivity (Wildman–Crippen MR) is 87.5 cm³/mol. The summed E-state index contributed by atoms with van der Waals surface area (Å²) >= 11 is 6.07. The van der Waals surface area contributed by atoms with Gasteiger partial charge in [0, 0.05) is 23.7 Å². The second kappa shape index (κ2) is 7.64. The van der Waals surface area contributed by atoms with E-state index in [0.717, 1.165) is 23.9 Å². The lowest BCUT2D eigenvalue weighted by Crippen LogP contribution is -2.39. The van der Waals surface area contributed by atoms with Gasteiger partial charge in [-0.2, -0.15) is 0 Å². The highest BCUT2D eigenvalue weighted by Gasteiger charge is 2.17. The van der Waals surface area contributed by atoms with Crippen LogP contribution in [0.4, 0.5) is 0 Å². The first kappa shape index (κ1) is 16.1. The molecular formula is C17H23ClN2O. The van der Waals surface area contributed by atoms with Gasteiger partial charge in [-0.15, -0.1) is 0 Å². The van der Waals surface area contributed by atoms with Gasteiger partial charge in [0.25, 0.3) is 0 Å². The topological polar surface area (TPSA) is 28.4 Å². The Hall–Kier alpha value is -1.29. The van der Waals surface area contributed by atoms with E-state index >= 15 is 0 Å². The van der Waals surface area contributed by atoms with Crippen molar-refractivity contribution < 1.29 is 4.42 Å². The maximum Gasteiger partial charge on any atom is 0.117 e. The molecule has 0 fully saturated rings. The number of nitrogens with one attached hydrogen (secondary N) is 1. The molecule has 0 aliphatic heterocycles. The molecule has 2 rings (SSSR count). The van der Waals surface area contributed by atoms with Crippen molar-refractivity contribution in [2.45, 2.75) is 32.5 Å². The van der Waals surface area contributed by atoms with Crippen LogP contribution >= 0.6 is 11.6 Å². The zero-order chi connectivity index (χ0) is 15.2. The largest absolute Gasteiger partial charge is 0.468 e. The summed E-state index contributed by atoms with van der Waals surface area (Å²) in [5, 5.41) is 4.21. The molecule has 1 heterocycles. The lowest BCUT2D eigenvalue weighted by atomic mass is 10.1. The number of benzene rings is 1. The van der Waals surface area contributed by atoms with E-state index < -0.39 is 0 Å². The Morgan fingerprint density at radius 1 is 1.24 bits per heavy atom. The van der Waals surface area contributed by atoms with Crippen molar-refractivity contribution in [1.82, 2.24) is 10.2 Å². The van der Waals surface area contributed by atoms with Gasteiger partial charge >= 0.3 is 0 Å². The zero-order valence-corrected chi connectivity index (χ0v) is 13.6. The normalized spacial score (nSPS) is 14.3. The van der Waals surface area contributed by atoms with Crippen molar-refractivity contribution in [3.8, 4) is 0 Å². The molecule has 2 aromatic rings. The van der Waals surface area contributed by atoms with Crippen LogP contribution in [0, 0.1) is 0 Å². The molecule has 0 spiro atoms. The van der Waals surface area contributed by atoms with Crippen LogP contribution in [-0.2, 0) is 6.54 Å². The Morgan fingerprint density at radius 2 is 2.05 bits per heavy atom. The Bertz CT molecular complexity index is 541. The van der Waals surface area contributed by atoms with Crippen LogP contribution in [0.25, 0.3) is 0 Å². The van der Waals surface area contributed by atoms with Gasteiger partial charge in [-0.25, -0.2) is 0 Å². The van der Waals surface area contributed by atoms with E-state index in [2.05, 4.69) is 37.2 Å². The molecule has 2 atom stereocenters. The van der Waals surface area contributed by atoms with Crippen molar-refractivity contribution >= 4 is 11.6 Å². The van der Waals surface area contributed by atoms with Gasteiger partial charge in [-0.1, -0.05) is 23.7 Å². The average Bonchev–Trinajstić information content (AvgIpc) is 2.99. The van der Waals surface area contributed by atoms with Gasteiger partial charge in [0.05, 0.1) is 12.8 Å². The SMILES string of the molecule is CC(CNCc1ccco1)N(C)C(C)c1cccc(Cl)c1. The Balaban J connectivity index is 1.84. The van der Waals surface area contributed by atoms with Gasteiger partial charge in [0.1, 0.15) is 5.76 Å². The van der Waals surface area contributed by atoms with E-state index in [0.29, 0.717) is 12.1 Å². The lowest BCUT2D eigenvalue weighted by Gasteiger charge is -2.31. The number of likely N-dealkylation sites (N-methyl/N-ethyl adjacent to an activating group) is 1. The van der Waals surface area contributed by atoms with E-state index in [1.54, 1.807) is 6.26 Å². The fourth-order valence-corrected chi connectivity index (χ4v) is 2.54. The molecule has 0 amide bonds. The zero-order valence-electron chi connectivity index (χ0n) is 12.8. The first-order valence-electron chi connectivity index (χ1n) is 7.28. The van der Waals surface area contributed by atoms with Crippen LogP contribution in [0.15, 0.2) is 47.1 Å². The first-order valence-corrected chi connectivity index (χ1v) is 7.66. The van der Waals surface area contributed by atoms with Gasteiger partial charge < -0.3 is 9.73 Å². The highest BCUT2D eigenvalue weighted by atomic mass is 35.5. The fourth-order valence-electron chi connectivity index (χ4n) is 2.34. The molecule has 0 radical (unpaired) electrons. The number of nitrogens with zero attached hydrogens (tertiary/aromatic N) is 1. The number of hydrogen-bond acceptors (Lipinski definition) is 3. The molecule has 1 aromatic carbocycles. The van der Waals surface area contributed by atoms with Gasteiger partial charge in [-0.05, 0) is 50.7 Å². The Labute approximate surface area is 131 Å². The summed E-state index contributed by atoms with van der Waals surface area (Å²) in [6.45, 7) is 6.09. The molecule has 0 saturated heterocycles. The van der Waals surface area contributed by atoms with E-state index in [4.69, 9.17) is 16.0 Å². The minimum atomic E-state index is 0.323. The lowest BCUT2D eigenvalue weighted by molar-refractivity contribution is 0.192. The molecule has 3 nitrogen and oxygen atoms in total. The maximum absolute atomic E-state index is 6.07. The highest BCUT2D eigenvalue weighted by molar-refractivity contribution is 6.30. The summed E-state index contributed by atoms with van der Waals surface area (Å²) in [5.41, 5.74) is 1.24. The summed E-state index contributed by atoms with van der Waals surface area (Å²) in [6.07, 6.45) is 1.70. The first-order chi connectivity index (χ1) is 10.1. The molecule has 0 aliphatic carbocycles. The molecule has 0 aliphatic rings. The standard InChI is InChI=1S/C17H23ClN2O/c1-13(11-19-12-17-8-5-9-21-17)20(3)14(2)15-6-4-7-16(18)10-15/h4-10,13-14,19H,11-12H2,1-3H3. The number of hydrogen-bond donors (Lipinski definition) is 1. The molecule has 0 saturated carbocycles. The monoisotopic (exact) mass is 306 g/mol. The van der Waals surface area contributed by atoms with Crippen molar-refractivity contribution in [1.29, 1.82) is 0 Å². The summed E-state index contributed by atoms with van der Waals surface area (Å²) in [5.74, 6) is 0.966. The minimum Gasteiger partial charge on any atom is -0.468 e. The van der Waals surface area contributed by atoms with Crippen LogP contribution in [0.1, 0.15) is 31.2 Å². The van der Waals surface area contributed by atoms with Crippen LogP contribution in [0.3, 0.4) is 0 Å². The quantitative estimate of drug-likeness (QED) is 0.834. The van der Waals surface area contributed by atoms with Crippen molar-refractivity contribution in [2.24, 2.45) is 0 Å². The molecule has 21 heavy (non-hydrogen) atoms. The van der Waals surface area contributed by atoms with E-state index in [-0.39, 0.29) is 0 Å². The molecule has 1 aromatic heterocycles. The third-order valence-corrected chi connectivity index (χ3v) is 4.19.